The molecule has 0 amide bonds. The first kappa shape index (κ1) is 24.9. The monoisotopic (exact) mass is 340 g/mol. The van der Waals surface area contributed by atoms with E-state index in [4.69, 9.17) is 4.74 Å². The third-order valence-electron chi connectivity index (χ3n) is 3.27. The summed E-state index contributed by atoms with van der Waals surface area (Å²) in [6, 6.07) is 4.86. The summed E-state index contributed by atoms with van der Waals surface area (Å²) in [5.74, 6) is 0.805. The van der Waals surface area contributed by atoms with Crippen LogP contribution in [0.5, 0.6) is 5.75 Å². The fourth-order valence-electron chi connectivity index (χ4n) is 2.11. The van der Waals surface area contributed by atoms with Crippen LogP contribution in [0.2, 0.25) is 0 Å². The van der Waals surface area contributed by atoms with Gasteiger partial charge in [0.25, 0.3) is 0 Å². The van der Waals surface area contributed by atoms with Gasteiger partial charge in [-0.1, -0.05) is 48.0 Å². The predicted octanol–water partition coefficient (Wildman–Crippen LogP) is 6.60. The molecule has 0 heterocycles. The summed E-state index contributed by atoms with van der Waals surface area (Å²) in [5, 5.41) is 0. The lowest BCUT2D eigenvalue weighted by atomic mass is 10.0. The molecule has 0 saturated heterocycles. The van der Waals surface area contributed by atoms with Crippen molar-refractivity contribution in [1.82, 2.24) is 0 Å². The van der Waals surface area contributed by atoms with Crippen LogP contribution < -0.4 is 4.74 Å². The number of rotatable bonds is 9. The Balaban J connectivity index is 0. The summed E-state index contributed by atoms with van der Waals surface area (Å²) in [4.78, 5) is 11.5. The number of carbonyl (C=O) groups is 1. The van der Waals surface area contributed by atoms with Crippen molar-refractivity contribution in [2.45, 2.75) is 80.6 Å². The van der Waals surface area contributed by atoms with Gasteiger partial charge in [-0.15, -0.1) is 0 Å². The van der Waals surface area contributed by atoms with Crippen LogP contribution in [-0.2, 0) is 11.2 Å². The van der Waals surface area contributed by atoms with Gasteiger partial charge in [-0.05, 0) is 43.9 Å². The van der Waals surface area contributed by atoms with Gasteiger partial charge in [0.2, 0.25) is 0 Å². The average molecular weight is 341 g/mol. The molecule has 0 spiro atoms. The van der Waals surface area contributed by atoms with Crippen molar-refractivity contribution in [2.24, 2.45) is 5.92 Å². The topological polar surface area (TPSA) is 26.3 Å². The highest BCUT2D eigenvalue weighted by Crippen LogP contribution is 2.18. The second kappa shape index (κ2) is 16.5. The van der Waals surface area contributed by atoms with Crippen molar-refractivity contribution in [3.8, 4) is 5.75 Å². The SMILES string of the molecule is CC.CC.CCOc1cc(F)cc(CCCCCC(=O)C(C)C)c1. The number of halogens is 1. The summed E-state index contributed by atoms with van der Waals surface area (Å²) < 4.78 is 18.7. The summed E-state index contributed by atoms with van der Waals surface area (Å²) in [7, 11) is 0. The van der Waals surface area contributed by atoms with Gasteiger partial charge in [0.1, 0.15) is 17.3 Å². The zero-order valence-electron chi connectivity index (χ0n) is 16.7. The molecule has 0 bridgehead atoms. The Kier molecular flexibility index (Phi) is 17.1. The van der Waals surface area contributed by atoms with E-state index in [1.165, 1.54) is 6.07 Å². The van der Waals surface area contributed by atoms with Gasteiger partial charge >= 0.3 is 0 Å². The summed E-state index contributed by atoms with van der Waals surface area (Å²) in [5.41, 5.74) is 0.962. The van der Waals surface area contributed by atoms with Gasteiger partial charge in [0, 0.05) is 18.4 Å². The number of ketones is 1. The van der Waals surface area contributed by atoms with Gasteiger partial charge in [-0.2, -0.15) is 0 Å². The molecular weight excluding hydrogens is 303 g/mol. The highest BCUT2D eigenvalue weighted by atomic mass is 19.1. The van der Waals surface area contributed by atoms with Gasteiger partial charge in [-0.25, -0.2) is 4.39 Å². The zero-order valence-corrected chi connectivity index (χ0v) is 16.7. The molecule has 0 aliphatic heterocycles. The van der Waals surface area contributed by atoms with E-state index in [2.05, 4.69) is 0 Å². The average Bonchev–Trinajstić information content (AvgIpc) is 2.57. The van der Waals surface area contributed by atoms with Gasteiger partial charge in [0.05, 0.1) is 6.61 Å². The van der Waals surface area contributed by atoms with E-state index in [0.29, 0.717) is 24.6 Å². The lowest BCUT2D eigenvalue weighted by molar-refractivity contribution is -0.122. The molecule has 0 aliphatic carbocycles. The first-order chi connectivity index (χ1) is 11.5. The smallest absolute Gasteiger partial charge is 0.135 e. The Bertz CT molecular complexity index is 428. The van der Waals surface area contributed by atoms with Crippen LogP contribution >= 0.6 is 0 Å². The largest absolute Gasteiger partial charge is 0.494 e. The minimum absolute atomic E-state index is 0.131. The van der Waals surface area contributed by atoms with Crippen molar-refractivity contribution in [3.05, 3.63) is 29.6 Å². The number of hydrogen-bond acceptors (Lipinski definition) is 2. The molecule has 3 heteroatoms. The van der Waals surface area contributed by atoms with Gasteiger partial charge in [0.15, 0.2) is 0 Å². The molecule has 2 nitrogen and oxygen atoms in total. The Morgan fingerprint density at radius 2 is 1.67 bits per heavy atom. The van der Waals surface area contributed by atoms with Crippen LogP contribution in [-0.4, -0.2) is 12.4 Å². The van der Waals surface area contributed by atoms with E-state index < -0.39 is 0 Å². The highest BCUT2D eigenvalue weighted by molar-refractivity contribution is 5.80. The molecule has 0 radical (unpaired) electrons. The number of carbonyl (C=O) groups excluding carboxylic acids is 1. The zero-order chi connectivity index (χ0) is 19.0. The normalized spacial score (nSPS) is 9.54. The maximum absolute atomic E-state index is 13.4. The van der Waals surface area contributed by atoms with Gasteiger partial charge in [-0.3, -0.25) is 4.79 Å². The Morgan fingerprint density at radius 1 is 1.04 bits per heavy atom. The molecule has 0 aliphatic rings. The van der Waals surface area contributed by atoms with E-state index >= 15 is 0 Å². The molecular formula is C21H37FO2. The summed E-state index contributed by atoms with van der Waals surface area (Å²) in [6.45, 7) is 14.3. The summed E-state index contributed by atoms with van der Waals surface area (Å²) in [6.07, 6.45) is 4.38. The predicted molar refractivity (Wildman–Crippen MR) is 102 cm³/mol. The molecule has 24 heavy (non-hydrogen) atoms. The minimum Gasteiger partial charge on any atom is -0.494 e. The fourth-order valence-corrected chi connectivity index (χ4v) is 2.11. The second-order valence-electron chi connectivity index (χ2n) is 5.41. The molecule has 0 unspecified atom stereocenters. The highest BCUT2D eigenvalue weighted by Gasteiger charge is 2.06. The van der Waals surface area contributed by atoms with Crippen LogP contribution in [0, 0.1) is 11.7 Å². The van der Waals surface area contributed by atoms with Crippen molar-refractivity contribution in [2.75, 3.05) is 6.61 Å². The number of ether oxygens (including phenoxy) is 1. The standard InChI is InChI=1S/C17H25FO2.2C2H6/c1-4-20-16-11-14(10-15(18)12-16)8-6-5-7-9-17(19)13(2)3;2*1-2/h10-13H,4-9H2,1-3H3;2*1-2H3. The lowest BCUT2D eigenvalue weighted by Crippen LogP contribution is -2.06. The summed E-state index contributed by atoms with van der Waals surface area (Å²) >= 11 is 0. The van der Waals surface area contributed by atoms with Crippen molar-refractivity contribution in [3.63, 3.8) is 0 Å². The number of hydrogen-bond donors (Lipinski definition) is 0. The van der Waals surface area contributed by atoms with Crippen LogP contribution in [0.25, 0.3) is 0 Å². The molecule has 1 aromatic rings. The Morgan fingerprint density at radius 3 is 2.21 bits per heavy atom. The van der Waals surface area contributed by atoms with Crippen LogP contribution in [0.15, 0.2) is 18.2 Å². The van der Waals surface area contributed by atoms with E-state index in [-0.39, 0.29) is 11.7 Å². The quantitative estimate of drug-likeness (QED) is 0.473. The van der Waals surface area contributed by atoms with Crippen molar-refractivity contribution < 1.29 is 13.9 Å². The van der Waals surface area contributed by atoms with Crippen LogP contribution in [0.4, 0.5) is 4.39 Å². The van der Waals surface area contributed by atoms with E-state index in [1.807, 2.05) is 54.5 Å². The number of Topliss-reactive ketones (excluding diaryl/α,β-unsaturated/α-hetero) is 1. The van der Waals surface area contributed by atoms with Gasteiger partial charge < -0.3 is 4.74 Å². The lowest BCUT2D eigenvalue weighted by Gasteiger charge is -2.07. The fraction of sp³-hybridized carbons (Fsp3) is 0.667. The van der Waals surface area contributed by atoms with E-state index in [1.54, 1.807) is 6.07 Å². The first-order valence-corrected chi connectivity index (χ1v) is 9.48. The molecule has 0 fully saturated rings. The maximum atomic E-state index is 13.4. The number of aryl methyl sites for hydroxylation is 1. The molecule has 0 aromatic heterocycles. The Labute approximate surface area is 148 Å². The second-order valence-corrected chi connectivity index (χ2v) is 5.41. The van der Waals surface area contributed by atoms with Crippen LogP contribution in [0.3, 0.4) is 0 Å². The molecule has 140 valence electrons. The Hall–Kier alpha value is -1.38. The van der Waals surface area contributed by atoms with E-state index in [9.17, 15) is 9.18 Å². The van der Waals surface area contributed by atoms with Crippen LogP contribution in [0.1, 0.15) is 79.7 Å². The molecule has 1 aromatic carbocycles. The molecule has 0 N–H and O–H groups in total. The first-order valence-electron chi connectivity index (χ1n) is 9.48. The number of unbranched alkanes of at least 4 members (excludes halogenated alkanes) is 2. The third-order valence-corrected chi connectivity index (χ3v) is 3.27. The minimum atomic E-state index is -0.249. The van der Waals surface area contributed by atoms with Crippen molar-refractivity contribution in [1.29, 1.82) is 0 Å². The maximum Gasteiger partial charge on any atom is 0.135 e. The molecule has 0 saturated carbocycles. The molecule has 0 atom stereocenters. The number of benzene rings is 1. The van der Waals surface area contributed by atoms with E-state index in [0.717, 1.165) is 31.2 Å². The molecule has 1 rings (SSSR count). The van der Waals surface area contributed by atoms with Crippen molar-refractivity contribution >= 4 is 5.78 Å². The third kappa shape index (κ3) is 12.1.